The summed E-state index contributed by atoms with van der Waals surface area (Å²) in [6.45, 7) is 2.60. The van der Waals surface area contributed by atoms with Crippen LogP contribution in [0.5, 0.6) is 5.75 Å². The van der Waals surface area contributed by atoms with Crippen molar-refractivity contribution in [2.24, 2.45) is 0 Å². The number of pyridine rings is 1. The summed E-state index contributed by atoms with van der Waals surface area (Å²) in [5.74, 6) is -1.21. The van der Waals surface area contributed by atoms with Crippen LogP contribution in [0.1, 0.15) is 12.5 Å². The molecule has 0 fully saturated rings. The second kappa shape index (κ2) is 5.35. The highest BCUT2D eigenvalue weighted by Gasteiger charge is 2.38. The maximum atomic E-state index is 13.5. The van der Waals surface area contributed by atoms with Crippen molar-refractivity contribution < 1.29 is 13.5 Å². The van der Waals surface area contributed by atoms with Crippen molar-refractivity contribution in [1.82, 2.24) is 4.98 Å². The first-order valence-corrected chi connectivity index (χ1v) is 8.20. The zero-order valence-electron chi connectivity index (χ0n) is 11.1. The van der Waals surface area contributed by atoms with Crippen LogP contribution in [-0.4, -0.2) is 16.0 Å². The van der Waals surface area contributed by atoms with Gasteiger partial charge in [-0.1, -0.05) is 41.1 Å². The van der Waals surface area contributed by atoms with E-state index in [-0.39, 0.29) is 5.41 Å². The Kier molecular flexibility index (Phi) is 3.81. The molecule has 21 heavy (non-hydrogen) atoms. The van der Waals surface area contributed by atoms with E-state index < -0.39 is 11.6 Å². The highest BCUT2D eigenvalue weighted by Crippen LogP contribution is 2.45. The molecule has 110 valence electrons. The number of benzene rings is 1. The zero-order valence-corrected chi connectivity index (χ0v) is 14.0. The number of rotatable bonds is 2. The third-order valence-electron chi connectivity index (χ3n) is 3.62. The second-order valence-electron chi connectivity index (χ2n) is 5.28. The number of halogens is 4. The fourth-order valence-corrected chi connectivity index (χ4v) is 3.18. The van der Waals surface area contributed by atoms with Crippen LogP contribution >= 0.6 is 34.2 Å². The largest absolute Gasteiger partial charge is 0.490 e. The van der Waals surface area contributed by atoms with Crippen molar-refractivity contribution in [3.63, 3.8) is 0 Å². The zero-order chi connectivity index (χ0) is 15.2. The summed E-state index contributed by atoms with van der Waals surface area (Å²) in [4.78, 5) is 4.23. The lowest BCUT2D eigenvalue weighted by Crippen LogP contribution is -2.25. The van der Waals surface area contributed by atoms with Crippen molar-refractivity contribution in [2.45, 2.75) is 12.3 Å². The Balaban J connectivity index is 2.21. The van der Waals surface area contributed by atoms with Gasteiger partial charge in [0.1, 0.15) is 16.6 Å². The molecule has 1 atom stereocenters. The standard InChI is InChI=1S/C15H11ClF2INO/c1-15(6-19)7-21-14-9(15)5-12(16)20-13(14)8-2-3-10(17)11(18)4-8/h2-5H,6-7H2,1H3. The number of ether oxygens (including phenoxy) is 1. The van der Waals surface area contributed by atoms with Gasteiger partial charge in [-0.05, 0) is 24.3 Å². The SMILES string of the molecule is CC1(CI)COc2c1cc(Cl)nc2-c1ccc(F)c(F)c1. The number of hydrogen-bond acceptors (Lipinski definition) is 2. The van der Waals surface area contributed by atoms with E-state index in [0.29, 0.717) is 28.8 Å². The monoisotopic (exact) mass is 421 g/mol. The molecule has 1 aromatic carbocycles. The van der Waals surface area contributed by atoms with Crippen LogP contribution in [0.3, 0.4) is 0 Å². The van der Waals surface area contributed by atoms with E-state index in [4.69, 9.17) is 16.3 Å². The van der Waals surface area contributed by atoms with Crippen LogP contribution in [0.25, 0.3) is 11.3 Å². The average Bonchev–Trinajstić information content (AvgIpc) is 2.79. The van der Waals surface area contributed by atoms with Crippen molar-refractivity contribution in [3.8, 4) is 17.0 Å². The van der Waals surface area contributed by atoms with Gasteiger partial charge >= 0.3 is 0 Å². The third kappa shape index (κ3) is 2.50. The smallest absolute Gasteiger partial charge is 0.159 e. The quantitative estimate of drug-likeness (QED) is 0.396. The molecule has 2 heterocycles. The minimum absolute atomic E-state index is 0.157. The summed E-state index contributed by atoms with van der Waals surface area (Å²) in [6, 6.07) is 5.44. The van der Waals surface area contributed by atoms with Gasteiger partial charge in [0.25, 0.3) is 0 Å². The summed E-state index contributed by atoms with van der Waals surface area (Å²) in [7, 11) is 0. The number of aromatic nitrogens is 1. The fraction of sp³-hybridized carbons (Fsp3) is 0.267. The van der Waals surface area contributed by atoms with Crippen molar-refractivity contribution in [2.75, 3.05) is 11.0 Å². The molecule has 0 bridgehead atoms. The van der Waals surface area contributed by atoms with Crippen LogP contribution < -0.4 is 4.74 Å². The number of fused-ring (bicyclic) bond motifs is 1. The first-order chi connectivity index (χ1) is 9.94. The normalized spacial score (nSPS) is 20.2. The molecule has 1 aliphatic heterocycles. The Bertz CT molecular complexity index is 725. The van der Waals surface area contributed by atoms with Crippen molar-refractivity contribution in [3.05, 3.63) is 46.6 Å². The highest BCUT2D eigenvalue weighted by molar-refractivity contribution is 14.1. The lowest BCUT2D eigenvalue weighted by Gasteiger charge is -2.19. The van der Waals surface area contributed by atoms with E-state index in [0.717, 1.165) is 22.1 Å². The molecule has 1 aromatic heterocycles. The minimum atomic E-state index is -0.919. The van der Waals surface area contributed by atoms with Gasteiger partial charge in [-0.3, -0.25) is 0 Å². The van der Waals surface area contributed by atoms with Gasteiger partial charge in [-0.2, -0.15) is 0 Å². The van der Waals surface area contributed by atoms with Crippen LogP contribution in [0.15, 0.2) is 24.3 Å². The molecule has 1 aliphatic rings. The lowest BCUT2D eigenvalue weighted by molar-refractivity contribution is 0.296. The van der Waals surface area contributed by atoms with E-state index in [1.165, 1.54) is 6.07 Å². The summed E-state index contributed by atoms with van der Waals surface area (Å²) in [6.07, 6.45) is 0. The number of nitrogens with zero attached hydrogens (tertiary/aromatic N) is 1. The highest BCUT2D eigenvalue weighted by atomic mass is 127. The molecule has 0 saturated heterocycles. The van der Waals surface area contributed by atoms with E-state index in [9.17, 15) is 8.78 Å². The molecule has 3 rings (SSSR count). The van der Waals surface area contributed by atoms with E-state index in [1.54, 1.807) is 6.07 Å². The van der Waals surface area contributed by atoms with E-state index >= 15 is 0 Å². The van der Waals surface area contributed by atoms with Gasteiger partial charge in [0.2, 0.25) is 0 Å². The van der Waals surface area contributed by atoms with Crippen LogP contribution in [0.2, 0.25) is 5.15 Å². The molecule has 2 nitrogen and oxygen atoms in total. The summed E-state index contributed by atoms with van der Waals surface area (Å²) < 4.78 is 33.2. The first-order valence-electron chi connectivity index (χ1n) is 6.30. The fourth-order valence-electron chi connectivity index (χ4n) is 2.36. The molecule has 0 amide bonds. The van der Waals surface area contributed by atoms with Crippen LogP contribution in [0, 0.1) is 11.6 Å². The Morgan fingerprint density at radius 1 is 1.33 bits per heavy atom. The maximum absolute atomic E-state index is 13.5. The molecule has 0 spiro atoms. The molecule has 6 heteroatoms. The Morgan fingerprint density at radius 3 is 2.76 bits per heavy atom. The van der Waals surface area contributed by atoms with Crippen LogP contribution in [-0.2, 0) is 5.41 Å². The van der Waals surface area contributed by atoms with Crippen LogP contribution in [0.4, 0.5) is 8.78 Å². The molecule has 0 saturated carbocycles. The predicted octanol–water partition coefficient (Wildman–Crippen LogP) is 4.77. The molecule has 0 radical (unpaired) electrons. The van der Waals surface area contributed by atoms with Gasteiger partial charge < -0.3 is 4.74 Å². The Morgan fingerprint density at radius 2 is 2.10 bits per heavy atom. The molecule has 0 aliphatic carbocycles. The summed E-state index contributed by atoms with van der Waals surface area (Å²) in [5, 5.41) is 0.315. The van der Waals surface area contributed by atoms with E-state index in [1.807, 2.05) is 0 Å². The maximum Gasteiger partial charge on any atom is 0.159 e. The molecule has 0 N–H and O–H groups in total. The molecule has 2 aromatic rings. The Hall–Kier alpha value is -0.950. The van der Waals surface area contributed by atoms with Crippen molar-refractivity contribution in [1.29, 1.82) is 0 Å². The Labute approximate surface area is 139 Å². The lowest BCUT2D eigenvalue weighted by atomic mass is 9.87. The minimum Gasteiger partial charge on any atom is -0.490 e. The summed E-state index contributed by atoms with van der Waals surface area (Å²) >= 11 is 8.39. The number of alkyl halides is 1. The topological polar surface area (TPSA) is 22.1 Å². The van der Waals surface area contributed by atoms with Gasteiger partial charge in [0.05, 0.1) is 6.61 Å². The molecule has 1 unspecified atom stereocenters. The molecular formula is C15H11ClF2INO. The predicted molar refractivity (Wildman–Crippen MR) is 86.3 cm³/mol. The van der Waals surface area contributed by atoms with Gasteiger partial charge in [0.15, 0.2) is 11.6 Å². The van der Waals surface area contributed by atoms with Gasteiger partial charge in [-0.15, -0.1) is 0 Å². The summed E-state index contributed by atoms with van der Waals surface area (Å²) in [5.41, 5.74) is 1.70. The van der Waals surface area contributed by atoms with Crippen molar-refractivity contribution >= 4 is 34.2 Å². The average molecular weight is 422 g/mol. The first kappa shape index (κ1) is 15.0. The number of hydrogen-bond donors (Lipinski definition) is 0. The van der Waals surface area contributed by atoms with Gasteiger partial charge in [0, 0.05) is 21.0 Å². The van der Waals surface area contributed by atoms with E-state index in [2.05, 4.69) is 34.5 Å². The molecular weight excluding hydrogens is 411 g/mol. The third-order valence-corrected chi connectivity index (χ3v) is 5.49. The van der Waals surface area contributed by atoms with Gasteiger partial charge in [-0.25, -0.2) is 13.8 Å². The second-order valence-corrected chi connectivity index (χ2v) is 6.43.